The Morgan fingerprint density at radius 2 is 2.20 bits per heavy atom. The molecule has 0 aromatic carbocycles. The first kappa shape index (κ1) is 12.2. The summed E-state index contributed by atoms with van der Waals surface area (Å²) in [6, 6.07) is 4.66. The van der Waals surface area contributed by atoms with E-state index in [1.165, 1.54) is 31.2 Å². The topological polar surface area (TPSA) is 24.9 Å². The molecule has 1 heterocycles. The summed E-state index contributed by atoms with van der Waals surface area (Å²) in [5, 5.41) is 3.58. The van der Waals surface area contributed by atoms with E-state index in [1.807, 2.05) is 18.5 Å². The first-order valence-electron chi connectivity index (χ1n) is 6.01. The number of pyridine rings is 1. The molecule has 2 nitrogen and oxygen atoms in total. The summed E-state index contributed by atoms with van der Waals surface area (Å²) in [7, 11) is 0. The normalized spacial score (nSPS) is 12.7. The van der Waals surface area contributed by atoms with Crippen LogP contribution in [0.2, 0.25) is 0 Å². The fourth-order valence-electron chi connectivity index (χ4n) is 1.70. The highest BCUT2D eigenvalue weighted by molar-refractivity contribution is 5.13. The Morgan fingerprint density at radius 1 is 1.33 bits per heavy atom. The molecule has 0 aliphatic rings. The molecule has 1 atom stereocenters. The minimum absolute atomic E-state index is 0.485. The van der Waals surface area contributed by atoms with Gasteiger partial charge in [0.2, 0.25) is 0 Å². The van der Waals surface area contributed by atoms with Crippen LogP contribution in [0.3, 0.4) is 0 Å². The molecule has 0 saturated carbocycles. The Morgan fingerprint density at radius 3 is 2.80 bits per heavy atom. The summed E-state index contributed by atoms with van der Waals surface area (Å²) in [4.78, 5) is 4.18. The minimum atomic E-state index is 0.485. The summed E-state index contributed by atoms with van der Waals surface area (Å²) < 4.78 is 0. The van der Waals surface area contributed by atoms with Gasteiger partial charge in [-0.1, -0.05) is 32.8 Å². The van der Waals surface area contributed by atoms with Crippen molar-refractivity contribution in [2.24, 2.45) is 0 Å². The molecule has 2 heteroatoms. The van der Waals surface area contributed by atoms with Crippen molar-refractivity contribution in [3.8, 4) is 0 Å². The second-order valence-electron chi connectivity index (χ2n) is 3.94. The molecule has 1 aromatic heterocycles. The zero-order valence-corrected chi connectivity index (χ0v) is 9.87. The SMILES string of the molecule is CCCCC(NCCC)c1cccnc1. The summed E-state index contributed by atoms with van der Waals surface area (Å²) in [5.41, 5.74) is 1.32. The number of hydrogen-bond acceptors (Lipinski definition) is 2. The molecule has 0 radical (unpaired) electrons. The van der Waals surface area contributed by atoms with Gasteiger partial charge in [0.15, 0.2) is 0 Å². The molecule has 15 heavy (non-hydrogen) atoms. The highest BCUT2D eigenvalue weighted by Gasteiger charge is 2.09. The molecular weight excluding hydrogens is 184 g/mol. The van der Waals surface area contributed by atoms with Crippen LogP contribution in [-0.4, -0.2) is 11.5 Å². The molecule has 0 amide bonds. The van der Waals surface area contributed by atoms with E-state index in [1.54, 1.807) is 0 Å². The first-order valence-corrected chi connectivity index (χ1v) is 6.01. The van der Waals surface area contributed by atoms with E-state index in [0.29, 0.717) is 6.04 Å². The van der Waals surface area contributed by atoms with Gasteiger partial charge in [-0.3, -0.25) is 4.98 Å². The van der Waals surface area contributed by atoms with Gasteiger partial charge < -0.3 is 5.32 Å². The highest BCUT2D eigenvalue weighted by Crippen LogP contribution is 2.18. The molecule has 84 valence electrons. The standard InChI is InChI=1S/C13H22N2/c1-3-5-8-13(15-9-4-2)12-7-6-10-14-11-12/h6-7,10-11,13,15H,3-5,8-9H2,1-2H3. The number of nitrogens with zero attached hydrogens (tertiary/aromatic N) is 1. The Balaban J connectivity index is 2.55. The van der Waals surface area contributed by atoms with Gasteiger partial charge in [0, 0.05) is 18.4 Å². The summed E-state index contributed by atoms with van der Waals surface area (Å²) >= 11 is 0. The maximum Gasteiger partial charge on any atom is 0.0335 e. The summed E-state index contributed by atoms with van der Waals surface area (Å²) in [6.07, 6.45) is 8.73. The zero-order chi connectivity index (χ0) is 10.9. The Hall–Kier alpha value is -0.890. The largest absolute Gasteiger partial charge is 0.310 e. The molecule has 0 saturated heterocycles. The molecule has 0 bridgehead atoms. The Bertz CT molecular complexity index is 238. The van der Waals surface area contributed by atoms with Gasteiger partial charge in [0.25, 0.3) is 0 Å². The second-order valence-corrected chi connectivity index (χ2v) is 3.94. The molecule has 0 fully saturated rings. The average molecular weight is 206 g/mol. The first-order chi connectivity index (χ1) is 7.38. The minimum Gasteiger partial charge on any atom is -0.310 e. The van der Waals surface area contributed by atoms with Crippen LogP contribution in [0.25, 0.3) is 0 Å². The lowest BCUT2D eigenvalue weighted by Crippen LogP contribution is -2.22. The fraction of sp³-hybridized carbons (Fsp3) is 0.615. The summed E-state index contributed by atoms with van der Waals surface area (Å²) in [6.45, 7) is 5.52. The van der Waals surface area contributed by atoms with E-state index in [-0.39, 0.29) is 0 Å². The van der Waals surface area contributed by atoms with Gasteiger partial charge in [0.05, 0.1) is 0 Å². The summed E-state index contributed by atoms with van der Waals surface area (Å²) in [5.74, 6) is 0. The highest BCUT2D eigenvalue weighted by atomic mass is 14.9. The Kier molecular flexibility index (Phi) is 6.02. The number of rotatable bonds is 7. The molecule has 1 rings (SSSR count). The van der Waals surface area contributed by atoms with Crippen LogP contribution in [0.15, 0.2) is 24.5 Å². The molecular formula is C13H22N2. The van der Waals surface area contributed by atoms with Gasteiger partial charge in [0.1, 0.15) is 0 Å². The van der Waals surface area contributed by atoms with Crippen LogP contribution < -0.4 is 5.32 Å². The zero-order valence-electron chi connectivity index (χ0n) is 9.87. The van der Waals surface area contributed by atoms with Gasteiger partial charge >= 0.3 is 0 Å². The Labute approximate surface area is 93.1 Å². The van der Waals surface area contributed by atoms with Crippen molar-refractivity contribution in [3.63, 3.8) is 0 Å². The number of hydrogen-bond donors (Lipinski definition) is 1. The van der Waals surface area contributed by atoms with Gasteiger partial charge in [-0.05, 0) is 31.0 Å². The van der Waals surface area contributed by atoms with Crippen LogP contribution in [0.1, 0.15) is 51.1 Å². The number of aromatic nitrogens is 1. The number of nitrogens with one attached hydrogen (secondary N) is 1. The van der Waals surface area contributed by atoms with E-state index in [2.05, 4.69) is 30.2 Å². The second kappa shape index (κ2) is 7.41. The van der Waals surface area contributed by atoms with Crippen LogP contribution in [-0.2, 0) is 0 Å². The van der Waals surface area contributed by atoms with Crippen molar-refractivity contribution in [1.29, 1.82) is 0 Å². The van der Waals surface area contributed by atoms with E-state index in [4.69, 9.17) is 0 Å². The van der Waals surface area contributed by atoms with Crippen molar-refractivity contribution in [3.05, 3.63) is 30.1 Å². The average Bonchev–Trinajstić information content (AvgIpc) is 2.30. The maximum atomic E-state index is 4.18. The smallest absolute Gasteiger partial charge is 0.0335 e. The third-order valence-electron chi connectivity index (χ3n) is 2.57. The van der Waals surface area contributed by atoms with Crippen LogP contribution in [0, 0.1) is 0 Å². The van der Waals surface area contributed by atoms with Crippen LogP contribution in [0.5, 0.6) is 0 Å². The van der Waals surface area contributed by atoms with Crippen molar-refractivity contribution < 1.29 is 0 Å². The van der Waals surface area contributed by atoms with E-state index in [9.17, 15) is 0 Å². The molecule has 1 aromatic rings. The van der Waals surface area contributed by atoms with Gasteiger partial charge in [-0.15, -0.1) is 0 Å². The molecule has 1 unspecified atom stereocenters. The number of unbranched alkanes of at least 4 members (excludes halogenated alkanes) is 1. The molecule has 0 aliphatic carbocycles. The van der Waals surface area contributed by atoms with E-state index in [0.717, 1.165) is 6.54 Å². The third-order valence-corrected chi connectivity index (χ3v) is 2.57. The van der Waals surface area contributed by atoms with Crippen molar-refractivity contribution in [2.45, 2.75) is 45.6 Å². The van der Waals surface area contributed by atoms with Crippen LogP contribution >= 0.6 is 0 Å². The van der Waals surface area contributed by atoms with Crippen molar-refractivity contribution in [2.75, 3.05) is 6.54 Å². The molecule has 0 spiro atoms. The quantitative estimate of drug-likeness (QED) is 0.740. The lowest BCUT2D eigenvalue weighted by Gasteiger charge is -2.18. The lowest BCUT2D eigenvalue weighted by molar-refractivity contribution is 0.480. The van der Waals surface area contributed by atoms with Gasteiger partial charge in [-0.25, -0.2) is 0 Å². The predicted octanol–water partition coefficient (Wildman–Crippen LogP) is 3.31. The molecule has 1 N–H and O–H groups in total. The van der Waals surface area contributed by atoms with Crippen molar-refractivity contribution >= 4 is 0 Å². The third kappa shape index (κ3) is 4.43. The monoisotopic (exact) mass is 206 g/mol. The van der Waals surface area contributed by atoms with E-state index >= 15 is 0 Å². The van der Waals surface area contributed by atoms with Crippen LogP contribution in [0.4, 0.5) is 0 Å². The maximum absolute atomic E-state index is 4.18. The van der Waals surface area contributed by atoms with Crippen molar-refractivity contribution in [1.82, 2.24) is 10.3 Å². The predicted molar refractivity (Wildman–Crippen MR) is 64.8 cm³/mol. The molecule has 0 aliphatic heterocycles. The van der Waals surface area contributed by atoms with E-state index < -0.39 is 0 Å². The lowest BCUT2D eigenvalue weighted by atomic mass is 10.0. The van der Waals surface area contributed by atoms with Gasteiger partial charge in [-0.2, -0.15) is 0 Å². The fourth-order valence-corrected chi connectivity index (χ4v) is 1.70.